The zero-order valence-electron chi connectivity index (χ0n) is 9.58. The minimum Gasteiger partial charge on any atom is -0.501 e. The molecule has 0 bridgehead atoms. The third-order valence-electron chi connectivity index (χ3n) is 2.04. The molecule has 0 saturated carbocycles. The molecule has 1 aromatic carbocycles. The fourth-order valence-electron chi connectivity index (χ4n) is 1.10. The van der Waals surface area contributed by atoms with Crippen LogP contribution in [-0.2, 0) is 4.74 Å². The fraction of sp³-hybridized carbons (Fsp3) is 0.385. The van der Waals surface area contributed by atoms with Crippen molar-refractivity contribution >= 4 is 0 Å². The molecule has 1 heteroatoms. The molecule has 1 rings (SSSR count). The first-order valence-electron chi connectivity index (χ1n) is 5.03. The van der Waals surface area contributed by atoms with E-state index in [1.165, 1.54) is 5.56 Å². The van der Waals surface area contributed by atoms with Crippen molar-refractivity contribution in [2.75, 3.05) is 7.11 Å². The molecule has 1 nitrogen and oxygen atoms in total. The van der Waals surface area contributed by atoms with Gasteiger partial charge in [-0.15, -0.1) is 0 Å². The number of methoxy groups -OCH3 is 1. The largest absolute Gasteiger partial charge is 0.501 e. The lowest BCUT2D eigenvalue weighted by Crippen LogP contribution is -1.97. The second kappa shape index (κ2) is 7.19. The van der Waals surface area contributed by atoms with Gasteiger partial charge in [-0.2, -0.15) is 0 Å². The average molecular weight is 192 g/mol. The van der Waals surface area contributed by atoms with Crippen LogP contribution in [0.15, 0.2) is 42.7 Å². The summed E-state index contributed by atoms with van der Waals surface area (Å²) in [4.78, 5) is 0. The van der Waals surface area contributed by atoms with Gasteiger partial charge in [0.05, 0.1) is 12.9 Å². The van der Waals surface area contributed by atoms with Gasteiger partial charge in [0.25, 0.3) is 0 Å². The highest BCUT2D eigenvalue weighted by molar-refractivity contribution is 5.24. The van der Waals surface area contributed by atoms with Gasteiger partial charge < -0.3 is 4.74 Å². The Balaban J connectivity index is 0.000000791. The van der Waals surface area contributed by atoms with E-state index in [0.717, 1.165) is 5.76 Å². The second-order valence-electron chi connectivity index (χ2n) is 2.80. The van der Waals surface area contributed by atoms with Crippen molar-refractivity contribution in [2.45, 2.75) is 26.7 Å². The van der Waals surface area contributed by atoms with Gasteiger partial charge in [-0.25, -0.2) is 0 Å². The summed E-state index contributed by atoms with van der Waals surface area (Å²) in [7, 11) is 1.65. The zero-order valence-corrected chi connectivity index (χ0v) is 9.58. The molecule has 0 amide bonds. The number of benzene rings is 1. The molecular formula is C13H20O. The van der Waals surface area contributed by atoms with E-state index < -0.39 is 0 Å². The number of ether oxygens (including phenoxy) is 1. The van der Waals surface area contributed by atoms with Gasteiger partial charge in [0.1, 0.15) is 0 Å². The fourth-order valence-corrected chi connectivity index (χ4v) is 1.10. The molecule has 0 N–H and O–H groups in total. The summed E-state index contributed by atoms with van der Waals surface area (Å²) in [6.07, 6.45) is 0. The zero-order chi connectivity index (χ0) is 11.0. The van der Waals surface area contributed by atoms with Crippen LogP contribution in [0.25, 0.3) is 0 Å². The predicted molar refractivity (Wildman–Crippen MR) is 62.4 cm³/mol. The first kappa shape index (κ1) is 12.8. The van der Waals surface area contributed by atoms with Crippen molar-refractivity contribution in [1.82, 2.24) is 0 Å². The van der Waals surface area contributed by atoms with Crippen LogP contribution in [0.5, 0.6) is 0 Å². The maximum absolute atomic E-state index is 5.07. The molecule has 1 atom stereocenters. The maximum Gasteiger partial charge on any atom is 0.0955 e. The molecule has 0 fully saturated rings. The Morgan fingerprint density at radius 3 is 2.14 bits per heavy atom. The summed E-state index contributed by atoms with van der Waals surface area (Å²) in [5, 5.41) is 0. The molecule has 0 saturated heterocycles. The molecule has 0 aliphatic carbocycles. The molecular weight excluding hydrogens is 172 g/mol. The van der Waals surface area contributed by atoms with Crippen LogP contribution in [0.4, 0.5) is 0 Å². The quantitative estimate of drug-likeness (QED) is 0.658. The van der Waals surface area contributed by atoms with Crippen LogP contribution < -0.4 is 0 Å². The minimum absolute atomic E-state index is 0.274. The molecule has 0 aromatic heterocycles. The normalized spacial score (nSPS) is 10.9. The van der Waals surface area contributed by atoms with Gasteiger partial charge in [0, 0.05) is 5.92 Å². The Labute approximate surface area is 87.4 Å². The average Bonchev–Trinajstić information content (AvgIpc) is 2.31. The van der Waals surface area contributed by atoms with Crippen molar-refractivity contribution in [1.29, 1.82) is 0 Å². The van der Waals surface area contributed by atoms with Gasteiger partial charge in [-0.1, -0.05) is 57.7 Å². The van der Waals surface area contributed by atoms with Crippen LogP contribution in [-0.4, -0.2) is 7.11 Å². The topological polar surface area (TPSA) is 9.23 Å². The SMILES string of the molecule is C=C(OC)C(C)c1ccccc1.CC. The monoisotopic (exact) mass is 192 g/mol. The first-order valence-corrected chi connectivity index (χ1v) is 5.03. The van der Waals surface area contributed by atoms with Crippen molar-refractivity contribution in [3.05, 3.63) is 48.2 Å². The molecule has 0 heterocycles. The minimum atomic E-state index is 0.274. The van der Waals surface area contributed by atoms with E-state index in [1.807, 2.05) is 32.0 Å². The highest BCUT2D eigenvalue weighted by atomic mass is 16.5. The third kappa shape index (κ3) is 3.65. The van der Waals surface area contributed by atoms with E-state index in [1.54, 1.807) is 7.11 Å². The Bertz CT molecular complexity index is 251. The van der Waals surface area contributed by atoms with Crippen LogP contribution >= 0.6 is 0 Å². The smallest absolute Gasteiger partial charge is 0.0955 e. The number of hydrogen-bond acceptors (Lipinski definition) is 1. The number of hydrogen-bond donors (Lipinski definition) is 0. The molecule has 0 aliphatic rings. The lowest BCUT2D eigenvalue weighted by molar-refractivity contribution is 0.270. The Morgan fingerprint density at radius 1 is 1.21 bits per heavy atom. The Morgan fingerprint density at radius 2 is 1.71 bits per heavy atom. The molecule has 0 aliphatic heterocycles. The van der Waals surface area contributed by atoms with E-state index in [-0.39, 0.29) is 5.92 Å². The van der Waals surface area contributed by atoms with Crippen molar-refractivity contribution in [3.8, 4) is 0 Å². The van der Waals surface area contributed by atoms with Crippen LogP contribution in [0, 0.1) is 0 Å². The van der Waals surface area contributed by atoms with Gasteiger partial charge >= 0.3 is 0 Å². The van der Waals surface area contributed by atoms with Crippen molar-refractivity contribution in [2.24, 2.45) is 0 Å². The molecule has 0 spiro atoms. The van der Waals surface area contributed by atoms with Crippen LogP contribution in [0.3, 0.4) is 0 Å². The van der Waals surface area contributed by atoms with Crippen molar-refractivity contribution in [3.63, 3.8) is 0 Å². The summed E-state index contributed by atoms with van der Waals surface area (Å²) in [5.41, 5.74) is 1.24. The molecule has 1 aromatic rings. The first-order chi connectivity index (χ1) is 6.75. The molecule has 0 radical (unpaired) electrons. The summed E-state index contributed by atoms with van der Waals surface area (Å²) >= 11 is 0. The third-order valence-corrected chi connectivity index (χ3v) is 2.04. The van der Waals surface area contributed by atoms with Crippen LogP contribution in [0.2, 0.25) is 0 Å². The van der Waals surface area contributed by atoms with E-state index in [9.17, 15) is 0 Å². The molecule has 1 unspecified atom stereocenters. The summed E-state index contributed by atoms with van der Waals surface area (Å²) < 4.78 is 5.07. The predicted octanol–water partition coefficient (Wildman–Crippen LogP) is 3.98. The number of allylic oxidation sites excluding steroid dienone is 1. The maximum atomic E-state index is 5.07. The summed E-state index contributed by atoms with van der Waals surface area (Å²) in [6, 6.07) is 10.2. The van der Waals surface area contributed by atoms with Gasteiger partial charge in [0.15, 0.2) is 0 Å². The Hall–Kier alpha value is -1.24. The summed E-state index contributed by atoms with van der Waals surface area (Å²) in [5.74, 6) is 1.08. The highest BCUT2D eigenvalue weighted by Crippen LogP contribution is 2.21. The number of rotatable bonds is 3. The Kier molecular flexibility index (Phi) is 6.55. The van der Waals surface area contributed by atoms with E-state index in [2.05, 4.69) is 25.6 Å². The lowest BCUT2D eigenvalue weighted by atomic mass is 10.0. The van der Waals surface area contributed by atoms with Crippen LogP contribution in [0.1, 0.15) is 32.3 Å². The summed E-state index contributed by atoms with van der Waals surface area (Å²) in [6.45, 7) is 9.91. The van der Waals surface area contributed by atoms with Gasteiger partial charge in [-0.05, 0) is 5.56 Å². The van der Waals surface area contributed by atoms with E-state index >= 15 is 0 Å². The highest BCUT2D eigenvalue weighted by Gasteiger charge is 2.07. The lowest BCUT2D eigenvalue weighted by Gasteiger charge is -2.13. The second-order valence-corrected chi connectivity index (χ2v) is 2.80. The molecule has 78 valence electrons. The molecule has 14 heavy (non-hydrogen) atoms. The van der Waals surface area contributed by atoms with Crippen molar-refractivity contribution < 1.29 is 4.74 Å². The standard InChI is InChI=1S/C11H14O.C2H6/c1-9(10(2)12-3)11-7-5-4-6-8-11;1-2/h4-9H,2H2,1,3H3;1-2H3. The van der Waals surface area contributed by atoms with Gasteiger partial charge in [0.2, 0.25) is 0 Å². The van der Waals surface area contributed by atoms with E-state index in [0.29, 0.717) is 0 Å². The van der Waals surface area contributed by atoms with E-state index in [4.69, 9.17) is 4.74 Å². The van der Waals surface area contributed by atoms with Gasteiger partial charge in [-0.3, -0.25) is 0 Å².